The molecule has 1 atom stereocenters. The topological polar surface area (TPSA) is 94.9 Å². The molecule has 0 bridgehead atoms. The largest absolute Gasteiger partial charge is 0.497 e. The van der Waals surface area contributed by atoms with Gasteiger partial charge in [-0.25, -0.2) is 9.78 Å². The summed E-state index contributed by atoms with van der Waals surface area (Å²) in [4.78, 5) is 35.2. The van der Waals surface area contributed by atoms with Crippen molar-refractivity contribution in [2.75, 3.05) is 33.2 Å². The number of aromatic nitrogens is 2. The van der Waals surface area contributed by atoms with Crippen LogP contribution in [-0.2, 0) is 12.8 Å². The van der Waals surface area contributed by atoms with Gasteiger partial charge in [-0.3, -0.25) is 9.36 Å². The molecule has 0 spiro atoms. The van der Waals surface area contributed by atoms with Crippen LogP contribution in [0, 0.1) is 0 Å². The maximum atomic E-state index is 14.2. The normalized spacial score (nSPS) is 11.6. The van der Waals surface area contributed by atoms with Gasteiger partial charge in [0, 0.05) is 18.3 Å². The molecule has 0 aliphatic carbocycles. The molecule has 0 aliphatic heterocycles. The number of hydrogen-bond acceptors (Lipinski definition) is 6. The fraction of sp³-hybridized carbons (Fsp3) is 0.270. The van der Waals surface area contributed by atoms with Crippen LogP contribution >= 0.6 is 0 Å². The minimum atomic E-state index is -0.547. The Kier molecular flexibility index (Phi) is 10.2. The molecular weight excluding hydrogens is 580 g/mol. The average Bonchev–Trinajstić information content (AvgIpc) is 3.10. The van der Waals surface area contributed by atoms with Crippen LogP contribution in [0.15, 0.2) is 95.8 Å². The highest BCUT2D eigenvalue weighted by molar-refractivity contribution is 5.90. The molecule has 238 valence electrons. The van der Waals surface area contributed by atoms with Gasteiger partial charge >= 0.3 is 6.03 Å². The van der Waals surface area contributed by atoms with Gasteiger partial charge in [-0.2, -0.15) is 0 Å². The average molecular weight is 621 g/mol. The van der Waals surface area contributed by atoms with Gasteiger partial charge in [0.15, 0.2) is 11.5 Å². The van der Waals surface area contributed by atoms with E-state index in [9.17, 15) is 9.59 Å². The zero-order chi connectivity index (χ0) is 32.6. The molecule has 0 saturated carbocycles. The number of fused-ring (bicyclic) bond motifs is 1. The number of methoxy groups -OCH3 is 3. The molecule has 1 N–H and O–H groups in total. The predicted octanol–water partition coefficient (Wildman–Crippen LogP) is 7.20. The fourth-order valence-corrected chi connectivity index (χ4v) is 5.63. The maximum absolute atomic E-state index is 14.2. The van der Waals surface area contributed by atoms with Crippen molar-refractivity contribution in [3.8, 4) is 22.9 Å². The Morgan fingerprint density at radius 2 is 1.59 bits per heavy atom. The van der Waals surface area contributed by atoms with Crippen molar-refractivity contribution in [1.82, 2.24) is 14.5 Å². The van der Waals surface area contributed by atoms with Gasteiger partial charge in [-0.05, 0) is 78.9 Å². The van der Waals surface area contributed by atoms with E-state index in [1.165, 1.54) is 0 Å². The lowest BCUT2D eigenvalue weighted by atomic mass is 10.1. The highest BCUT2D eigenvalue weighted by Gasteiger charge is 2.29. The zero-order valence-electron chi connectivity index (χ0n) is 26.9. The molecule has 0 aliphatic rings. The standard InChI is InChI=1S/C37H40N4O5/c1-6-25-15-18-28(19-16-25)41-35(39-31-14-9-8-13-30(31)36(41)42)32(7-2)40(37(43)38-27-11-10-12-29(24-27)44-3)22-21-26-17-20-33(45-4)34(23-26)46-5/h8-20,23-24,32H,6-7,21-22H2,1-5H3,(H,38,43). The van der Waals surface area contributed by atoms with Crippen molar-refractivity contribution in [1.29, 1.82) is 0 Å². The second-order valence-electron chi connectivity index (χ2n) is 10.9. The van der Waals surface area contributed by atoms with Crippen molar-refractivity contribution in [2.45, 2.75) is 39.2 Å². The molecular formula is C37H40N4O5. The molecule has 46 heavy (non-hydrogen) atoms. The number of ether oxygens (including phenoxy) is 3. The Morgan fingerprint density at radius 3 is 2.28 bits per heavy atom. The van der Waals surface area contributed by atoms with Crippen LogP contribution in [0.25, 0.3) is 16.6 Å². The lowest BCUT2D eigenvalue weighted by Crippen LogP contribution is -2.42. The Bertz CT molecular complexity index is 1870. The van der Waals surface area contributed by atoms with E-state index in [2.05, 4.69) is 12.2 Å². The lowest BCUT2D eigenvalue weighted by Gasteiger charge is -2.32. The van der Waals surface area contributed by atoms with Gasteiger partial charge in [0.2, 0.25) is 0 Å². The predicted molar refractivity (Wildman–Crippen MR) is 182 cm³/mol. The number of carbonyl (C=O) groups is 1. The number of hydrogen-bond donors (Lipinski definition) is 1. The lowest BCUT2D eigenvalue weighted by molar-refractivity contribution is 0.182. The molecule has 0 radical (unpaired) electrons. The number of benzene rings is 4. The van der Waals surface area contributed by atoms with Crippen molar-refractivity contribution >= 4 is 22.6 Å². The minimum Gasteiger partial charge on any atom is -0.497 e. The summed E-state index contributed by atoms with van der Waals surface area (Å²) in [7, 11) is 4.78. The van der Waals surface area contributed by atoms with Gasteiger partial charge in [0.05, 0.1) is 44.0 Å². The molecule has 4 aromatic carbocycles. The Balaban J connectivity index is 1.62. The van der Waals surface area contributed by atoms with Gasteiger partial charge in [-0.15, -0.1) is 0 Å². The second kappa shape index (κ2) is 14.6. The molecule has 5 rings (SSSR count). The molecule has 0 fully saturated rings. The third kappa shape index (κ3) is 6.83. The fourth-order valence-electron chi connectivity index (χ4n) is 5.63. The molecule has 1 unspecified atom stereocenters. The van der Waals surface area contributed by atoms with Crippen molar-refractivity contribution in [3.05, 3.63) is 118 Å². The third-order valence-corrected chi connectivity index (χ3v) is 8.14. The molecule has 9 nitrogen and oxygen atoms in total. The number of nitrogens with one attached hydrogen (secondary N) is 1. The molecule has 1 aromatic heterocycles. The number of para-hydroxylation sites is 1. The van der Waals surface area contributed by atoms with E-state index in [0.29, 0.717) is 64.7 Å². The molecule has 1 heterocycles. The Hall–Kier alpha value is -5.31. The van der Waals surface area contributed by atoms with E-state index in [-0.39, 0.29) is 11.6 Å². The number of anilines is 1. The molecule has 5 aromatic rings. The summed E-state index contributed by atoms with van der Waals surface area (Å²) in [6, 6.07) is 27.3. The first-order valence-corrected chi connectivity index (χ1v) is 15.4. The molecule has 2 amide bonds. The molecule has 0 saturated heterocycles. The van der Waals surface area contributed by atoms with Gasteiger partial charge in [0.25, 0.3) is 5.56 Å². The number of nitrogens with zero attached hydrogens (tertiary/aromatic N) is 3. The van der Waals surface area contributed by atoms with E-state index < -0.39 is 6.04 Å². The highest BCUT2D eigenvalue weighted by Crippen LogP contribution is 2.30. The smallest absolute Gasteiger partial charge is 0.322 e. The quantitative estimate of drug-likeness (QED) is 0.159. The highest BCUT2D eigenvalue weighted by atomic mass is 16.5. The summed E-state index contributed by atoms with van der Waals surface area (Å²) in [5.74, 6) is 2.36. The SMILES string of the molecule is CCc1ccc(-n2c(C(CC)N(CCc3ccc(OC)c(OC)c3)C(=O)Nc3cccc(OC)c3)nc3ccccc3c2=O)cc1. The summed E-state index contributed by atoms with van der Waals surface area (Å²) in [5.41, 5.74) is 3.81. The number of amides is 2. The zero-order valence-corrected chi connectivity index (χ0v) is 26.9. The Morgan fingerprint density at radius 1 is 0.848 bits per heavy atom. The first-order chi connectivity index (χ1) is 22.4. The summed E-state index contributed by atoms with van der Waals surface area (Å²) in [5, 5.41) is 3.56. The summed E-state index contributed by atoms with van der Waals surface area (Å²) in [6.45, 7) is 4.43. The van der Waals surface area contributed by atoms with Crippen molar-refractivity contribution < 1.29 is 19.0 Å². The van der Waals surface area contributed by atoms with Gasteiger partial charge in [0.1, 0.15) is 11.6 Å². The van der Waals surface area contributed by atoms with Crippen LogP contribution in [0.2, 0.25) is 0 Å². The van der Waals surface area contributed by atoms with Crippen LogP contribution in [0.3, 0.4) is 0 Å². The van der Waals surface area contributed by atoms with E-state index >= 15 is 0 Å². The maximum Gasteiger partial charge on any atom is 0.322 e. The Labute approximate surface area is 269 Å². The number of aryl methyl sites for hydroxylation is 1. The number of rotatable bonds is 12. The number of carbonyl (C=O) groups excluding carboxylic acids is 1. The van der Waals surface area contributed by atoms with E-state index in [0.717, 1.165) is 17.5 Å². The van der Waals surface area contributed by atoms with Crippen LogP contribution in [0.1, 0.15) is 43.3 Å². The number of urea groups is 1. The van der Waals surface area contributed by atoms with E-state index in [1.807, 2.05) is 85.8 Å². The van der Waals surface area contributed by atoms with Crippen molar-refractivity contribution in [3.63, 3.8) is 0 Å². The summed E-state index contributed by atoms with van der Waals surface area (Å²) >= 11 is 0. The first kappa shape index (κ1) is 32.1. The van der Waals surface area contributed by atoms with Crippen LogP contribution in [0.5, 0.6) is 17.2 Å². The van der Waals surface area contributed by atoms with Gasteiger partial charge < -0.3 is 24.4 Å². The first-order valence-electron chi connectivity index (χ1n) is 15.4. The minimum absolute atomic E-state index is 0.184. The van der Waals surface area contributed by atoms with Crippen LogP contribution in [-0.4, -0.2) is 48.4 Å². The van der Waals surface area contributed by atoms with E-state index in [4.69, 9.17) is 19.2 Å². The second-order valence-corrected chi connectivity index (χ2v) is 10.9. The van der Waals surface area contributed by atoms with E-state index in [1.54, 1.807) is 42.9 Å². The molecule has 9 heteroatoms. The van der Waals surface area contributed by atoms with Crippen LogP contribution in [0.4, 0.5) is 10.5 Å². The summed E-state index contributed by atoms with van der Waals surface area (Å²) in [6.07, 6.45) is 1.91. The van der Waals surface area contributed by atoms with Crippen LogP contribution < -0.4 is 25.1 Å². The monoisotopic (exact) mass is 620 g/mol. The van der Waals surface area contributed by atoms with Crippen molar-refractivity contribution in [2.24, 2.45) is 0 Å². The summed E-state index contributed by atoms with van der Waals surface area (Å²) < 4.78 is 18.0. The van der Waals surface area contributed by atoms with Gasteiger partial charge in [-0.1, -0.05) is 50.2 Å². The third-order valence-electron chi connectivity index (χ3n) is 8.14.